The molecule has 1 amide bonds. The zero-order valence-corrected chi connectivity index (χ0v) is 22.9. The van der Waals surface area contributed by atoms with E-state index in [1.807, 2.05) is 43.3 Å². The molecule has 0 saturated heterocycles. The molecule has 0 radical (unpaired) electrons. The van der Waals surface area contributed by atoms with Crippen LogP contribution in [0.1, 0.15) is 62.3 Å². The molecule has 0 aliphatic heterocycles. The molecule has 0 saturated carbocycles. The second-order valence-electron chi connectivity index (χ2n) is 9.16. The molecule has 0 N–H and O–H groups in total. The van der Waals surface area contributed by atoms with Crippen LogP contribution in [-0.2, 0) is 4.79 Å². The van der Waals surface area contributed by atoms with Crippen molar-refractivity contribution in [1.82, 2.24) is 14.5 Å². The summed E-state index contributed by atoms with van der Waals surface area (Å²) in [5.41, 5.74) is 1.27. The van der Waals surface area contributed by atoms with Gasteiger partial charge in [0.15, 0.2) is 0 Å². The van der Waals surface area contributed by atoms with Crippen molar-refractivity contribution >= 4 is 40.0 Å². The van der Waals surface area contributed by atoms with Crippen LogP contribution in [0.2, 0.25) is 5.02 Å². The van der Waals surface area contributed by atoms with Crippen molar-refractivity contribution in [2.75, 3.05) is 6.54 Å². The quantitative estimate of drug-likeness (QED) is 0.150. The predicted molar refractivity (Wildman–Crippen MR) is 152 cm³/mol. The Kier molecular flexibility index (Phi) is 9.18. The summed E-state index contributed by atoms with van der Waals surface area (Å²) in [6.45, 7) is 4.49. The van der Waals surface area contributed by atoms with Crippen LogP contribution in [0.15, 0.2) is 77.6 Å². The Bertz CT molecular complexity index is 1480. The molecule has 0 spiro atoms. The molecule has 3 aromatic carbocycles. The fourth-order valence-corrected chi connectivity index (χ4v) is 5.10. The molecule has 2 atom stereocenters. The van der Waals surface area contributed by atoms with E-state index >= 15 is 0 Å². The van der Waals surface area contributed by atoms with E-state index in [9.17, 15) is 14.0 Å². The molecule has 0 bridgehead atoms. The highest BCUT2D eigenvalue weighted by atomic mass is 35.5. The molecule has 4 rings (SSSR count). The first-order chi connectivity index (χ1) is 18.4. The molecule has 4 aromatic rings. The van der Waals surface area contributed by atoms with E-state index in [1.165, 1.54) is 22.8 Å². The van der Waals surface area contributed by atoms with Gasteiger partial charge in [-0.1, -0.05) is 80.8 Å². The Morgan fingerprint density at radius 1 is 1.03 bits per heavy atom. The summed E-state index contributed by atoms with van der Waals surface area (Å²) in [6, 6.07) is 19.8. The van der Waals surface area contributed by atoms with Gasteiger partial charge in [-0.05, 0) is 48.7 Å². The normalized spacial score (nSPS) is 12.9. The predicted octanol–water partition coefficient (Wildman–Crippen LogP) is 7.63. The minimum absolute atomic E-state index is 0.109. The first kappa shape index (κ1) is 27.8. The molecule has 0 aliphatic rings. The van der Waals surface area contributed by atoms with Crippen molar-refractivity contribution in [3.8, 4) is 5.69 Å². The highest BCUT2D eigenvalue weighted by molar-refractivity contribution is 6.31. The SMILES string of the molecule is CCCCCN(C(=O)C(Cl)c1ccccc1)C(CC)c1nc2ccccc2c(=O)n1-c1ccc(F)c(Cl)c1. The number of hydrogen-bond donors (Lipinski definition) is 0. The number of unbranched alkanes of at least 4 members (excludes halogenated alkanes) is 2. The topological polar surface area (TPSA) is 55.2 Å². The second kappa shape index (κ2) is 12.5. The number of nitrogens with zero attached hydrogens (tertiary/aromatic N) is 3. The third-order valence-corrected chi connectivity index (χ3v) is 7.35. The van der Waals surface area contributed by atoms with Gasteiger partial charge in [0.25, 0.3) is 5.56 Å². The molecule has 0 aliphatic carbocycles. The molecule has 1 heterocycles. The lowest BCUT2D eigenvalue weighted by molar-refractivity contribution is -0.133. The Morgan fingerprint density at radius 2 is 1.74 bits per heavy atom. The molecule has 8 heteroatoms. The largest absolute Gasteiger partial charge is 0.331 e. The molecular formula is C30H30Cl2FN3O2. The molecule has 2 unspecified atom stereocenters. The maximum atomic E-state index is 14.0. The van der Waals surface area contributed by atoms with Gasteiger partial charge in [0.2, 0.25) is 5.91 Å². The summed E-state index contributed by atoms with van der Waals surface area (Å²) in [7, 11) is 0. The highest BCUT2D eigenvalue weighted by Crippen LogP contribution is 2.32. The Hall–Kier alpha value is -3.22. The van der Waals surface area contributed by atoms with Crippen LogP contribution < -0.4 is 5.56 Å². The zero-order valence-electron chi connectivity index (χ0n) is 21.4. The summed E-state index contributed by atoms with van der Waals surface area (Å²) in [5.74, 6) is -0.470. The highest BCUT2D eigenvalue weighted by Gasteiger charge is 2.32. The van der Waals surface area contributed by atoms with Crippen molar-refractivity contribution in [2.24, 2.45) is 0 Å². The van der Waals surface area contributed by atoms with Gasteiger partial charge >= 0.3 is 0 Å². The molecule has 5 nitrogen and oxygen atoms in total. The van der Waals surface area contributed by atoms with Gasteiger partial charge in [-0.3, -0.25) is 14.2 Å². The number of benzene rings is 3. The van der Waals surface area contributed by atoms with Gasteiger partial charge < -0.3 is 4.90 Å². The molecule has 0 fully saturated rings. The number of fused-ring (bicyclic) bond motifs is 1. The van der Waals surface area contributed by atoms with Crippen molar-refractivity contribution < 1.29 is 9.18 Å². The third-order valence-electron chi connectivity index (χ3n) is 6.62. The second-order valence-corrected chi connectivity index (χ2v) is 10.0. The lowest BCUT2D eigenvalue weighted by Crippen LogP contribution is -2.40. The summed E-state index contributed by atoms with van der Waals surface area (Å²) in [5, 5.41) is -0.593. The van der Waals surface area contributed by atoms with Gasteiger partial charge in [0.05, 0.1) is 27.7 Å². The first-order valence-corrected chi connectivity index (χ1v) is 13.6. The van der Waals surface area contributed by atoms with E-state index in [0.717, 1.165) is 19.3 Å². The van der Waals surface area contributed by atoms with Crippen molar-refractivity contribution in [3.63, 3.8) is 0 Å². The summed E-state index contributed by atoms with van der Waals surface area (Å²) >= 11 is 12.8. The van der Waals surface area contributed by atoms with Crippen molar-refractivity contribution in [3.05, 3.63) is 105 Å². The Morgan fingerprint density at radius 3 is 2.42 bits per heavy atom. The lowest BCUT2D eigenvalue weighted by atomic mass is 10.1. The van der Waals surface area contributed by atoms with Gasteiger partial charge in [0, 0.05) is 6.54 Å². The lowest BCUT2D eigenvalue weighted by Gasteiger charge is -2.34. The van der Waals surface area contributed by atoms with E-state index < -0.39 is 17.2 Å². The Balaban J connectivity index is 1.91. The maximum Gasteiger partial charge on any atom is 0.266 e. The number of rotatable bonds is 10. The molecular weight excluding hydrogens is 524 g/mol. The van der Waals surface area contributed by atoms with E-state index in [0.29, 0.717) is 40.9 Å². The van der Waals surface area contributed by atoms with Crippen molar-refractivity contribution in [2.45, 2.75) is 50.9 Å². The number of carbonyl (C=O) groups is 1. The van der Waals surface area contributed by atoms with Crippen LogP contribution in [0.25, 0.3) is 16.6 Å². The van der Waals surface area contributed by atoms with Gasteiger partial charge in [0.1, 0.15) is 17.0 Å². The maximum absolute atomic E-state index is 14.0. The molecule has 1 aromatic heterocycles. The van der Waals surface area contributed by atoms with Crippen LogP contribution in [0, 0.1) is 5.82 Å². The number of para-hydroxylation sites is 1. The average Bonchev–Trinajstić information content (AvgIpc) is 2.94. The smallest absolute Gasteiger partial charge is 0.266 e. The summed E-state index contributed by atoms with van der Waals surface area (Å²) in [4.78, 5) is 34.4. The van der Waals surface area contributed by atoms with Crippen LogP contribution in [0.5, 0.6) is 0 Å². The van der Waals surface area contributed by atoms with E-state index in [-0.39, 0.29) is 16.5 Å². The van der Waals surface area contributed by atoms with E-state index in [4.69, 9.17) is 28.2 Å². The van der Waals surface area contributed by atoms with Crippen molar-refractivity contribution in [1.29, 1.82) is 0 Å². The first-order valence-electron chi connectivity index (χ1n) is 12.8. The minimum atomic E-state index is -0.896. The van der Waals surface area contributed by atoms with Crippen LogP contribution in [0.4, 0.5) is 4.39 Å². The van der Waals surface area contributed by atoms with Gasteiger partial charge in [-0.2, -0.15) is 0 Å². The van der Waals surface area contributed by atoms with Crippen LogP contribution in [0.3, 0.4) is 0 Å². The van der Waals surface area contributed by atoms with E-state index in [1.54, 1.807) is 23.1 Å². The fourth-order valence-electron chi connectivity index (χ4n) is 4.65. The van der Waals surface area contributed by atoms with Gasteiger partial charge in [-0.25, -0.2) is 9.37 Å². The van der Waals surface area contributed by atoms with Crippen LogP contribution in [-0.4, -0.2) is 26.9 Å². The minimum Gasteiger partial charge on any atom is -0.331 e. The Labute approximate surface area is 231 Å². The van der Waals surface area contributed by atoms with Gasteiger partial charge in [-0.15, -0.1) is 11.6 Å². The number of hydrogen-bond acceptors (Lipinski definition) is 3. The number of alkyl halides is 1. The number of carbonyl (C=O) groups excluding carboxylic acids is 1. The third kappa shape index (κ3) is 5.77. The van der Waals surface area contributed by atoms with E-state index in [2.05, 4.69) is 6.92 Å². The van der Waals surface area contributed by atoms with Crippen LogP contribution >= 0.6 is 23.2 Å². The number of halogens is 3. The molecule has 38 heavy (non-hydrogen) atoms. The standard InChI is InChI=1S/C30H30Cl2FN3O2/c1-3-5-11-18-35(30(38)27(32)20-12-7-6-8-13-20)26(4-2)28-34-25-15-10-9-14-22(25)29(37)36(28)21-16-17-24(33)23(31)19-21/h6-10,12-17,19,26-27H,3-5,11,18H2,1-2H3. The summed E-state index contributed by atoms with van der Waals surface area (Å²) < 4.78 is 15.5. The zero-order chi connectivity index (χ0) is 27.2. The average molecular weight is 554 g/mol. The number of aromatic nitrogens is 2. The molecule has 198 valence electrons. The summed E-state index contributed by atoms with van der Waals surface area (Å²) in [6.07, 6.45) is 3.17. The monoisotopic (exact) mass is 553 g/mol. The number of amides is 1. The fraction of sp³-hybridized carbons (Fsp3) is 0.300.